The van der Waals surface area contributed by atoms with E-state index in [1.807, 2.05) is 31.2 Å². The number of hydrogen-bond donors (Lipinski definition) is 1. The van der Waals surface area contributed by atoms with Crippen molar-refractivity contribution in [3.63, 3.8) is 0 Å². The molecule has 0 aromatic heterocycles. The van der Waals surface area contributed by atoms with Gasteiger partial charge in [0.1, 0.15) is 11.5 Å². The summed E-state index contributed by atoms with van der Waals surface area (Å²) in [6, 6.07) is 11.3. The smallest absolute Gasteiger partial charge is 0.121 e. The van der Waals surface area contributed by atoms with Crippen molar-refractivity contribution >= 4 is 45.2 Å². The second kappa shape index (κ2) is 6.10. The summed E-state index contributed by atoms with van der Waals surface area (Å²) in [5, 5.41) is 9.33. The minimum Gasteiger partial charge on any atom is -0.508 e. The molecule has 0 saturated heterocycles. The highest BCUT2D eigenvalue weighted by Gasteiger charge is 2.10. The molecule has 0 aliphatic rings. The van der Waals surface area contributed by atoms with Gasteiger partial charge in [0, 0.05) is 12.7 Å². The van der Waals surface area contributed by atoms with Gasteiger partial charge in [-0.2, -0.15) is 0 Å². The maximum atomic E-state index is 9.33. The van der Waals surface area contributed by atoms with Crippen LogP contribution in [0.4, 0.5) is 0 Å². The van der Waals surface area contributed by atoms with Gasteiger partial charge in [-0.25, -0.2) is 0 Å². The molecular weight excluding hydrogens is 454 g/mol. The van der Waals surface area contributed by atoms with Gasteiger partial charge in [0.25, 0.3) is 0 Å². The molecule has 2 aromatic carbocycles. The van der Waals surface area contributed by atoms with Crippen LogP contribution in [0.25, 0.3) is 11.1 Å². The van der Waals surface area contributed by atoms with Crippen LogP contribution in [-0.4, -0.2) is 11.7 Å². The standard InChI is InChI=1S/C14H12I2O2/c1-2-18-11-7-12(15)14(13(16)8-11)9-3-5-10(17)6-4-9/h3-8,17H,2H2,1H3. The Balaban J connectivity index is 2.48. The molecule has 0 amide bonds. The van der Waals surface area contributed by atoms with Crippen molar-refractivity contribution in [3.05, 3.63) is 43.5 Å². The summed E-state index contributed by atoms with van der Waals surface area (Å²) in [5.74, 6) is 1.18. The summed E-state index contributed by atoms with van der Waals surface area (Å²) < 4.78 is 7.82. The van der Waals surface area contributed by atoms with Gasteiger partial charge >= 0.3 is 0 Å². The highest BCUT2D eigenvalue weighted by molar-refractivity contribution is 14.1. The fraction of sp³-hybridized carbons (Fsp3) is 0.143. The number of benzene rings is 2. The van der Waals surface area contributed by atoms with Crippen LogP contribution < -0.4 is 4.74 Å². The molecule has 18 heavy (non-hydrogen) atoms. The predicted molar refractivity (Wildman–Crippen MR) is 90.1 cm³/mol. The first-order chi connectivity index (χ1) is 8.61. The van der Waals surface area contributed by atoms with Gasteiger partial charge in [0.15, 0.2) is 0 Å². The van der Waals surface area contributed by atoms with E-state index in [1.54, 1.807) is 12.1 Å². The SMILES string of the molecule is CCOc1cc(I)c(-c2ccc(O)cc2)c(I)c1. The van der Waals surface area contributed by atoms with Crippen molar-refractivity contribution in [1.82, 2.24) is 0 Å². The number of hydrogen-bond acceptors (Lipinski definition) is 2. The zero-order valence-electron chi connectivity index (χ0n) is 9.78. The van der Waals surface area contributed by atoms with Gasteiger partial charge in [0.05, 0.1) is 6.61 Å². The van der Waals surface area contributed by atoms with Crippen LogP contribution in [0.5, 0.6) is 11.5 Å². The van der Waals surface area contributed by atoms with Crippen LogP contribution in [0, 0.1) is 7.14 Å². The monoisotopic (exact) mass is 466 g/mol. The first kappa shape index (κ1) is 13.9. The molecule has 2 aromatic rings. The number of rotatable bonds is 3. The van der Waals surface area contributed by atoms with Crippen LogP contribution >= 0.6 is 45.2 Å². The van der Waals surface area contributed by atoms with Crippen molar-refractivity contribution in [2.24, 2.45) is 0 Å². The van der Waals surface area contributed by atoms with E-state index in [0.717, 1.165) is 18.5 Å². The van der Waals surface area contributed by atoms with Crippen molar-refractivity contribution in [2.75, 3.05) is 6.61 Å². The van der Waals surface area contributed by atoms with Gasteiger partial charge in [-0.1, -0.05) is 12.1 Å². The molecule has 1 N–H and O–H groups in total. The molecule has 0 bridgehead atoms. The molecule has 0 atom stereocenters. The molecule has 4 heteroatoms. The van der Waals surface area contributed by atoms with E-state index in [0.29, 0.717) is 6.61 Å². The Labute approximate surface area is 134 Å². The topological polar surface area (TPSA) is 29.5 Å². The third-order valence-corrected chi connectivity index (χ3v) is 4.18. The van der Waals surface area contributed by atoms with Crippen LogP contribution in [0.1, 0.15) is 6.92 Å². The minimum absolute atomic E-state index is 0.287. The number of halogens is 2. The zero-order valence-corrected chi connectivity index (χ0v) is 14.1. The quantitative estimate of drug-likeness (QED) is 0.667. The molecule has 2 nitrogen and oxygen atoms in total. The number of phenolic OH excluding ortho intramolecular Hbond substituents is 1. The van der Waals surface area contributed by atoms with Gasteiger partial charge in [-0.15, -0.1) is 0 Å². The average molecular weight is 466 g/mol. The summed E-state index contributed by atoms with van der Waals surface area (Å²) in [6.07, 6.45) is 0. The maximum Gasteiger partial charge on any atom is 0.121 e. The van der Waals surface area contributed by atoms with E-state index < -0.39 is 0 Å². The van der Waals surface area contributed by atoms with Crippen LogP contribution in [0.2, 0.25) is 0 Å². The lowest BCUT2D eigenvalue weighted by molar-refractivity contribution is 0.340. The molecule has 94 valence electrons. The minimum atomic E-state index is 0.287. The molecular formula is C14H12I2O2. The lowest BCUT2D eigenvalue weighted by atomic mass is 10.1. The van der Waals surface area contributed by atoms with Crippen molar-refractivity contribution in [2.45, 2.75) is 6.92 Å². The molecule has 0 heterocycles. The Morgan fingerprint density at radius 3 is 2.11 bits per heavy atom. The first-order valence-corrected chi connectivity index (χ1v) is 7.69. The molecule has 0 aliphatic carbocycles. The molecule has 0 unspecified atom stereocenters. The van der Waals surface area contributed by atoms with Crippen molar-refractivity contribution in [1.29, 1.82) is 0 Å². The Morgan fingerprint density at radius 2 is 1.61 bits per heavy atom. The molecule has 0 radical (unpaired) electrons. The van der Waals surface area contributed by atoms with Gasteiger partial charge < -0.3 is 9.84 Å². The Kier molecular flexibility index (Phi) is 4.71. The molecule has 0 saturated carbocycles. The maximum absolute atomic E-state index is 9.33. The summed E-state index contributed by atoms with van der Waals surface area (Å²) in [6.45, 7) is 2.65. The normalized spacial score (nSPS) is 10.4. The fourth-order valence-electron chi connectivity index (χ4n) is 1.70. The van der Waals surface area contributed by atoms with E-state index >= 15 is 0 Å². The summed E-state index contributed by atoms with van der Waals surface area (Å²) >= 11 is 4.63. The van der Waals surface area contributed by atoms with E-state index in [4.69, 9.17) is 4.74 Å². The van der Waals surface area contributed by atoms with Crippen LogP contribution in [0.15, 0.2) is 36.4 Å². The number of aromatic hydroxyl groups is 1. The molecule has 0 spiro atoms. The summed E-state index contributed by atoms with van der Waals surface area (Å²) in [7, 11) is 0. The van der Waals surface area contributed by atoms with Crippen molar-refractivity contribution in [3.8, 4) is 22.6 Å². The van der Waals surface area contributed by atoms with Gasteiger partial charge in [0.2, 0.25) is 0 Å². The summed E-state index contributed by atoms with van der Waals surface area (Å²) in [4.78, 5) is 0. The third kappa shape index (κ3) is 3.09. The lowest BCUT2D eigenvalue weighted by Gasteiger charge is -2.11. The highest BCUT2D eigenvalue weighted by Crippen LogP contribution is 2.34. The van der Waals surface area contributed by atoms with E-state index in [1.165, 1.54) is 5.56 Å². The average Bonchev–Trinajstić information content (AvgIpc) is 2.31. The second-order valence-corrected chi connectivity index (χ2v) is 6.07. The molecule has 2 rings (SSSR count). The van der Waals surface area contributed by atoms with Crippen molar-refractivity contribution < 1.29 is 9.84 Å². The Bertz CT molecular complexity index is 527. The number of phenols is 1. The number of ether oxygens (including phenoxy) is 1. The summed E-state index contributed by atoms with van der Waals surface area (Å²) in [5.41, 5.74) is 2.28. The second-order valence-electron chi connectivity index (χ2n) is 3.74. The van der Waals surface area contributed by atoms with E-state index in [2.05, 4.69) is 45.2 Å². The first-order valence-electron chi connectivity index (χ1n) is 5.53. The zero-order chi connectivity index (χ0) is 13.1. The van der Waals surface area contributed by atoms with Crippen LogP contribution in [0.3, 0.4) is 0 Å². The van der Waals surface area contributed by atoms with E-state index in [9.17, 15) is 5.11 Å². The van der Waals surface area contributed by atoms with Gasteiger partial charge in [-0.3, -0.25) is 0 Å². The Morgan fingerprint density at radius 1 is 1.06 bits per heavy atom. The highest BCUT2D eigenvalue weighted by atomic mass is 127. The lowest BCUT2D eigenvalue weighted by Crippen LogP contribution is -1.95. The van der Waals surface area contributed by atoms with Crippen LogP contribution in [-0.2, 0) is 0 Å². The molecule has 0 aliphatic heterocycles. The fourth-order valence-corrected chi connectivity index (χ4v) is 4.04. The largest absolute Gasteiger partial charge is 0.508 e. The van der Waals surface area contributed by atoms with Gasteiger partial charge in [-0.05, 0) is 81.9 Å². The third-order valence-electron chi connectivity index (χ3n) is 2.48. The predicted octanol–water partition coefficient (Wildman–Crippen LogP) is 4.67. The Hall–Kier alpha value is -0.500. The van der Waals surface area contributed by atoms with E-state index in [-0.39, 0.29) is 5.75 Å². The molecule has 0 fully saturated rings.